The molecule has 1 saturated carbocycles. The second-order valence-electron chi connectivity index (χ2n) is 6.12. The number of carboxylic acid groups (broad SMARTS) is 1. The molecule has 1 atom stereocenters. The zero-order valence-corrected chi connectivity index (χ0v) is 12.6. The van der Waals surface area contributed by atoms with Crippen molar-refractivity contribution < 1.29 is 14.7 Å². The average molecular weight is 294 g/mol. The summed E-state index contributed by atoms with van der Waals surface area (Å²) in [7, 11) is 0. The number of carbonyl (C=O) groups excluding carboxylic acids is 1. The van der Waals surface area contributed by atoms with Crippen LogP contribution in [0, 0.1) is 5.92 Å². The van der Waals surface area contributed by atoms with Crippen molar-refractivity contribution in [3.63, 3.8) is 0 Å². The largest absolute Gasteiger partial charge is 0.480 e. The Morgan fingerprint density at radius 2 is 2.00 bits per heavy atom. The van der Waals surface area contributed by atoms with Gasteiger partial charge in [0.05, 0.1) is 0 Å². The van der Waals surface area contributed by atoms with Crippen molar-refractivity contribution in [2.24, 2.45) is 5.92 Å². The lowest BCUT2D eigenvalue weighted by Gasteiger charge is -2.28. The van der Waals surface area contributed by atoms with E-state index in [2.05, 4.69) is 16.7 Å². The molecule has 0 aromatic rings. The van der Waals surface area contributed by atoms with Crippen LogP contribution in [0.4, 0.5) is 4.79 Å². The maximum absolute atomic E-state index is 11.9. The van der Waals surface area contributed by atoms with Crippen molar-refractivity contribution in [1.29, 1.82) is 0 Å². The van der Waals surface area contributed by atoms with E-state index in [9.17, 15) is 14.7 Å². The number of allylic oxidation sites excluding steroid dienone is 1. The Hall–Kier alpha value is -1.52. The van der Waals surface area contributed by atoms with Gasteiger partial charge in [0, 0.05) is 6.54 Å². The van der Waals surface area contributed by atoms with Crippen LogP contribution in [-0.4, -0.2) is 29.7 Å². The Bertz CT molecular complexity index is 400. The van der Waals surface area contributed by atoms with Gasteiger partial charge in [-0.25, -0.2) is 9.59 Å². The second kappa shape index (κ2) is 8.05. The number of amides is 2. The van der Waals surface area contributed by atoms with Gasteiger partial charge in [0.15, 0.2) is 0 Å². The Balaban J connectivity index is 1.73. The average Bonchev–Trinajstić information content (AvgIpc) is 2.98. The fourth-order valence-electron chi connectivity index (χ4n) is 3.34. The standard InChI is InChI=1S/C16H26N2O3/c19-15(20)14(13-8-2-1-3-9-13)18-16(21)17-11-10-12-6-4-5-7-12/h6,13-14H,1-5,7-11H2,(H,19,20)(H2,17,18,21). The Kier molecular flexibility index (Phi) is 6.08. The molecule has 1 fully saturated rings. The molecule has 21 heavy (non-hydrogen) atoms. The molecule has 0 radical (unpaired) electrons. The molecular weight excluding hydrogens is 268 g/mol. The maximum Gasteiger partial charge on any atom is 0.326 e. The van der Waals surface area contributed by atoms with Crippen LogP contribution in [-0.2, 0) is 4.79 Å². The van der Waals surface area contributed by atoms with E-state index in [1.165, 1.54) is 18.4 Å². The number of aliphatic carboxylic acids is 1. The van der Waals surface area contributed by atoms with Gasteiger partial charge < -0.3 is 15.7 Å². The monoisotopic (exact) mass is 294 g/mol. The zero-order chi connectivity index (χ0) is 15.1. The summed E-state index contributed by atoms with van der Waals surface area (Å²) < 4.78 is 0. The molecule has 0 aliphatic heterocycles. The van der Waals surface area contributed by atoms with Crippen molar-refractivity contribution in [2.75, 3.05) is 6.54 Å². The highest BCUT2D eigenvalue weighted by atomic mass is 16.4. The Morgan fingerprint density at radius 1 is 1.24 bits per heavy atom. The molecule has 2 amide bonds. The van der Waals surface area contributed by atoms with Gasteiger partial charge >= 0.3 is 12.0 Å². The molecule has 0 saturated heterocycles. The predicted octanol–water partition coefficient (Wildman–Crippen LogP) is 2.82. The maximum atomic E-state index is 11.9. The fourth-order valence-corrected chi connectivity index (χ4v) is 3.34. The number of carbonyl (C=O) groups is 2. The normalized spacial score (nSPS) is 20.7. The lowest BCUT2D eigenvalue weighted by atomic mass is 9.84. The minimum Gasteiger partial charge on any atom is -0.480 e. The van der Waals surface area contributed by atoms with E-state index in [-0.39, 0.29) is 11.9 Å². The lowest BCUT2D eigenvalue weighted by molar-refractivity contribution is -0.141. The van der Waals surface area contributed by atoms with Crippen molar-refractivity contribution >= 4 is 12.0 Å². The highest BCUT2D eigenvalue weighted by Gasteiger charge is 2.30. The van der Waals surface area contributed by atoms with E-state index in [1.807, 2.05) is 0 Å². The SMILES string of the molecule is O=C(NCCC1=CCCC1)NC(C(=O)O)C1CCCCC1. The summed E-state index contributed by atoms with van der Waals surface area (Å²) >= 11 is 0. The third-order valence-electron chi connectivity index (χ3n) is 4.54. The Labute approximate surface area is 126 Å². The predicted molar refractivity (Wildman–Crippen MR) is 81.1 cm³/mol. The van der Waals surface area contributed by atoms with Crippen LogP contribution < -0.4 is 10.6 Å². The van der Waals surface area contributed by atoms with E-state index >= 15 is 0 Å². The Morgan fingerprint density at radius 3 is 2.62 bits per heavy atom. The minimum atomic E-state index is -0.921. The van der Waals surface area contributed by atoms with Crippen LogP contribution in [0.5, 0.6) is 0 Å². The molecule has 0 bridgehead atoms. The number of hydrogen-bond donors (Lipinski definition) is 3. The number of carboxylic acids is 1. The van der Waals surface area contributed by atoms with E-state index in [0.717, 1.165) is 44.9 Å². The van der Waals surface area contributed by atoms with Gasteiger partial charge in [0.2, 0.25) is 0 Å². The molecule has 3 N–H and O–H groups in total. The smallest absolute Gasteiger partial charge is 0.326 e. The van der Waals surface area contributed by atoms with Crippen molar-refractivity contribution in [2.45, 2.75) is 63.8 Å². The van der Waals surface area contributed by atoms with Crippen LogP contribution in [0.2, 0.25) is 0 Å². The molecule has 5 nitrogen and oxygen atoms in total. The summed E-state index contributed by atoms with van der Waals surface area (Å²) in [5.41, 5.74) is 1.40. The van der Waals surface area contributed by atoms with Gasteiger partial charge in [-0.05, 0) is 44.4 Å². The van der Waals surface area contributed by atoms with E-state index < -0.39 is 12.0 Å². The number of urea groups is 1. The first-order chi connectivity index (χ1) is 10.2. The topological polar surface area (TPSA) is 78.4 Å². The quantitative estimate of drug-likeness (QED) is 0.659. The van der Waals surface area contributed by atoms with Crippen LogP contribution in [0.1, 0.15) is 57.8 Å². The summed E-state index contributed by atoms with van der Waals surface area (Å²) in [5.74, 6) is -0.852. The molecule has 0 aromatic carbocycles. The third kappa shape index (κ3) is 5.06. The first kappa shape index (κ1) is 15.9. The van der Waals surface area contributed by atoms with Crippen molar-refractivity contribution in [3.05, 3.63) is 11.6 Å². The summed E-state index contributed by atoms with van der Waals surface area (Å²) in [5, 5.41) is 14.7. The number of hydrogen-bond acceptors (Lipinski definition) is 2. The molecule has 5 heteroatoms. The molecule has 2 rings (SSSR count). The molecular formula is C16H26N2O3. The molecule has 2 aliphatic carbocycles. The molecule has 2 aliphatic rings. The van der Waals surface area contributed by atoms with Crippen molar-refractivity contribution in [3.8, 4) is 0 Å². The highest BCUT2D eigenvalue weighted by Crippen LogP contribution is 2.26. The van der Waals surface area contributed by atoms with Gasteiger partial charge in [-0.2, -0.15) is 0 Å². The summed E-state index contributed by atoms with van der Waals surface area (Å²) in [4.78, 5) is 23.2. The van der Waals surface area contributed by atoms with Crippen molar-refractivity contribution in [1.82, 2.24) is 10.6 Å². The van der Waals surface area contributed by atoms with Gasteiger partial charge in [0.25, 0.3) is 0 Å². The van der Waals surface area contributed by atoms with Gasteiger partial charge in [-0.3, -0.25) is 0 Å². The molecule has 1 unspecified atom stereocenters. The molecule has 0 aromatic heterocycles. The second-order valence-corrected chi connectivity index (χ2v) is 6.12. The third-order valence-corrected chi connectivity index (χ3v) is 4.54. The van der Waals surface area contributed by atoms with E-state index in [0.29, 0.717) is 6.54 Å². The first-order valence-corrected chi connectivity index (χ1v) is 8.12. The molecule has 0 spiro atoms. The minimum absolute atomic E-state index is 0.0690. The van der Waals surface area contributed by atoms with Crippen LogP contribution in [0.15, 0.2) is 11.6 Å². The lowest BCUT2D eigenvalue weighted by Crippen LogP contribution is -2.50. The van der Waals surface area contributed by atoms with Crippen LogP contribution in [0.25, 0.3) is 0 Å². The van der Waals surface area contributed by atoms with Gasteiger partial charge in [-0.1, -0.05) is 30.9 Å². The summed E-state index contributed by atoms with van der Waals surface area (Å²) in [6.07, 6.45) is 11.7. The van der Waals surface area contributed by atoms with Crippen LogP contribution >= 0.6 is 0 Å². The number of nitrogens with one attached hydrogen (secondary N) is 2. The fraction of sp³-hybridized carbons (Fsp3) is 0.750. The van der Waals surface area contributed by atoms with Gasteiger partial charge in [-0.15, -0.1) is 0 Å². The van der Waals surface area contributed by atoms with Crippen LogP contribution in [0.3, 0.4) is 0 Å². The molecule has 118 valence electrons. The first-order valence-electron chi connectivity index (χ1n) is 8.12. The van der Waals surface area contributed by atoms with Gasteiger partial charge in [0.1, 0.15) is 6.04 Å². The number of rotatable bonds is 6. The molecule has 0 heterocycles. The summed E-state index contributed by atoms with van der Waals surface area (Å²) in [6.45, 7) is 0.578. The highest BCUT2D eigenvalue weighted by molar-refractivity contribution is 5.82. The summed E-state index contributed by atoms with van der Waals surface area (Å²) in [6, 6.07) is -1.11. The zero-order valence-electron chi connectivity index (χ0n) is 12.6. The van der Waals surface area contributed by atoms with E-state index in [4.69, 9.17) is 0 Å². The van der Waals surface area contributed by atoms with E-state index in [1.54, 1.807) is 0 Å².